The Labute approximate surface area is 174 Å². The number of benzene rings is 2. The van der Waals surface area contributed by atoms with Crippen LogP contribution in [0.25, 0.3) is 22.6 Å². The fourth-order valence-electron chi connectivity index (χ4n) is 2.72. The van der Waals surface area contributed by atoms with Gasteiger partial charge in [0.1, 0.15) is 11.3 Å². The van der Waals surface area contributed by atoms with E-state index in [-0.39, 0.29) is 23.1 Å². The zero-order valence-corrected chi connectivity index (χ0v) is 16.0. The van der Waals surface area contributed by atoms with Crippen LogP contribution in [0.4, 0.5) is 11.4 Å². The third kappa shape index (κ3) is 4.06. The molecule has 0 radical (unpaired) electrons. The minimum atomic E-state index is -0.622. The quantitative estimate of drug-likeness (QED) is 0.358. The number of ether oxygens (including phenoxy) is 1. The molecule has 4 aromatic rings. The van der Waals surface area contributed by atoms with Crippen molar-refractivity contribution in [3.05, 3.63) is 76.1 Å². The highest BCUT2D eigenvalue weighted by Crippen LogP contribution is 2.33. The number of carbonyl (C=O) groups excluding carboxylic acids is 1. The number of oxazole rings is 1. The average molecular weight is 425 g/mol. The van der Waals surface area contributed by atoms with E-state index >= 15 is 0 Å². The molecule has 0 fully saturated rings. The maximum absolute atomic E-state index is 12.2. The normalized spacial score (nSPS) is 10.7. The summed E-state index contributed by atoms with van der Waals surface area (Å²) in [4.78, 5) is 30.9. The first kappa shape index (κ1) is 19.3. The third-order valence-electron chi connectivity index (χ3n) is 4.10. The SMILES string of the molecule is O=C(COc1cccc([N+](=O)[O-])c1Cl)Nc1ccc2oc(-c3ccncc3)nc2c1. The number of rotatable bonds is 6. The van der Waals surface area contributed by atoms with E-state index in [2.05, 4.69) is 15.3 Å². The minimum Gasteiger partial charge on any atom is -0.482 e. The highest BCUT2D eigenvalue weighted by Gasteiger charge is 2.17. The van der Waals surface area contributed by atoms with Crippen molar-refractivity contribution < 1.29 is 18.9 Å². The van der Waals surface area contributed by atoms with Gasteiger partial charge in [-0.05, 0) is 36.4 Å². The van der Waals surface area contributed by atoms with E-state index in [0.29, 0.717) is 22.7 Å². The highest BCUT2D eigenvalue weighted by molar-refractivity contribution is 6.34. The van der Waals surface area contributed by atoms with Crippen LogP contribution in [-0.2, 0) is 4.79 Å². The van der Waals surface area contributed by atoms with Gasteiger partial charge in [0.15, 0.2) is 17.2 Å². The van der Waals surface area contributed by atoms with Gasteiger partial charge in [-0.2, -0.15) is 0 Å². The smallest absolute Gasteiger partial charge is 0.291 e. The van der Waals surface area contributed by atoms with Crippen LogP contribution < -0.4 is 10.1 Å². The van der Waals surface area contributed by atoms with Crippen LogP contribution in [0.3, 0.4) is 0 Å². The van der Waals surface area contributed by atoms with Gasteiger partial charge in [0.05, 0.1) is 4.92 Å². The van der Waals surface area contributed by atoms with E-state index in [1.165, 1.54) is 18.2 Å². The Kier molecular flexibility index (Phi) is 5.27. The van der Waals surface area contributed by atoms with Crippen LogP contribution in [0, 0.1) is 10.1 Å². The van der Waals surface area contributed by atoms with Crippen LogP contribution in [0.1, 0.15) is 0 Å². The number of hydrogen-bond donors (Lipinski definition) is 1. The van der Waals surface area contributed by atoms with Gasteiger partial charge in [0, 0.05) is 29.7 Å². The second-order valence-corrected chi connectivity index (χ2v) is 6.50. The van der Waals surface area contributed by atoms with Gasteiger partial charge in [0.2, 0.25) is 5.89 Å². The fourth-order valence-corrected chi connectivity index (χ4v) is 2.96. The minimum absolute atomic E-state index is 0.0509. The van der Waals surface area contributed by atoms with Gasteiger partial charge in [-0.15, -0.1) is 0 Å². The van der Waals surface area contributed by atoms with Gasteiger partial charge in [-0.3, -0.25) is 19.9 Å². The van der Waals surface area contributed by atoms with E-state index < -0.39 is 10.8 Å². The molecule has 9 nitrogen and oxygen atoms in total. The number of nitro groups is 1. The van der Waals surface area contributed by atoms with Gasteiger partial charge in [0.25, 0.3) is 11.6 Å². The van der Waals surface area contributed by atoms with Crippen molar-refractivity contribution in [2.24, 2.45) is 0 Å². The van der Waals surface area contributed by atoms with Crippen LogP contribution in [0.5, 0.6) is 5.75 Å². The van der Waals surface area contributed by atoms with Crippen molar-refractivity contribution in [1.82, 2.24) is 9.97 Å². The molecule has 10 heteroatoms. The lowest BCUT2D eigenvalue weighted by molar-refractivity contribution is -0.384. The molecule has 150 valence electrons. The predicted octanol–water partition coefficient (Wildman–Crippen LogP) is 4.47. The van der Waals surface area contributed by atoms with Crippen LogP contribution in [0.15, 0.2) is 65.3 Å². The summed E-state index contributed by atoms with van der Waals surface area (Å²) in [6.45, 7) is -0.375. The van der Waals surface area contributed by atoms with E-state index in [0.717, 1.165) is 5.56 Å². The summed E-state index contributed by atoms with van der Waals surface area (Å²) in [6, 6.07) is 12.7. The number of anilines is 1. The number of fused-ring (bicyclic) bond motifs is 1. The fraction of sp³-hybridized carbons (Fsp3) is 0.0500. The lowest BCUT2D eigenvalue weighted by Gasteiger charge is -2.08. The molecule has 0 saturated carbocycles. The van der Waals surface area contributed by atoms with Crippen molar-refractivity contribution >= 4 is 40.0 Å². The maximum Gasteiger partial charge on any atom is 0.291 e. The Morgan fingerprint density at radius 1 is 1.20 bits per heavy atom. The molecule has 4 rings (SSSR count). The molecule has 0 bridgehead atoms. The second kappa shape index (κ2) is 8.18. The topological polar surface area (TPSA) is 120 Å². The van der Waals surface area contributed by atoms with Crippen molar-refractivity contribution in [2.75, 3.05) is 11.9 Å². The maximum atomic E-state index is 12.2. The molecule has 2 aromatic carbocycles. The standard InChI is InChI=1S/C20H13ClN4O5/c21-19-15(25(27)28)2-1-3-17(19)29-11-18(26)23-13-4-5-16-14(10-13)24-20(30-16)12-6-8-22-9-7-12/h1-10H,11H2,(H,23,26). The summed E-state index contributed by atoms with van der Waals surface area (Å²) in [5, 5.41) is 13.4. The lowest BCUT2D eigenvalue weighted by atomic mass is 10.2. The van der Waals surface area contributed by atoms with Crippen molar-refractivity contribution in [3.8, 4) is 17.2 Å². The number of hydrogen-bond acceptors (Lipinski definition) is 7. The molecule has 0 saturated heterocycles. The van der Waals surface area contributed by atoms with Gasteiger partial charge < -0.3 is 14.5 Å². The number of pyridine rings is 1. The second-order valence-electron chi connectivity index (χ2n) is 6.12. The zero-order valence-electron chi connectivity index (χ0n) is 15.2. The lowest BCUT2D eigenvalue weighted by Crippen LogP contribution is -2.20. The summed E-state index contributed by atoms with van der Waals surface area (Å²) >= 11 is 5.94. The summed E-state index contributed by atoms with van der Waals surface area (Å²) in [6.07, 6.45) is 3.28. The summed E-state index contributed by atoms with van der Waals surface area (Å²) in [5.41, 5.74) is 2.13. The number of aromatic nitrogens is 2. The Hall–Kier alpha value is -3.98. The van der Waals surface area contributed by atoms with Gasteiger partial charge in [-0.25, -0.2) is 4.98 Å². The average Bonchev–Trinajstić information content (AvgIpc) is 3.17. The Bertz CT molecular complexity index is 1240. The molecule has 0 atom stereocenters. The first-order valence-corrected chi connectivity index (χ1v) is 9.05. The summed E-state index contributed by atoms with van der Waals surface area (Å²) < 4.78 is 11.0. The summed E-state index contributed by atoms with van der Waals surface area (Å²) in [7, 11) is 0. The molecule has 1 amide bonds. The monoisotopic (exact) mass is 424 g/mol. The molecule has 1 N–H and O–H groups in total. The van der Waals surface area contributed by atoms with Crippen molar-refractivity contribution in [3.63, 3.8) is 0 Å². The van der Waals surface area contributed by atoms with Crippen LogP contribution in [-0.4, -0.2) is 27.4 Å². The predicted molar refractivity (Wildman–Crippen MR) is 109 cm³/mol. The molecule has 2 aromatic heterocycles. The third-order valence-corrected chi connectivity index (χ3v) is 4.48. The summed E-state index contributed by atoms with van der Waals surface area (Å²) in [5.74, 6) is 0.0317. The Balaban J connectivity index is 1.45. The number of nitrogens with zero attached hydrogens (tertiary/aromatic N) is 3. The van der Waals surface area contributed by atoms with E-state index in [4.69, 9.17) is 20.8 Å². The van der Waals surface area contributed by atoms with E-state index in [1.54, 1.807) is 42.7 Å². The van der Waals surface area contributed by atoms with Crippen molar-refractivity contribution in [2.45, 2.75) is 0 Å². The largest absolute Gasteiger partial charge is 0.482 e. The molecular weight excluding hydrogens is 412 g/mol. The Morgan fingerprint density at radius 2 is 2.00 bits per heavy atom. The molecular formula is C20H13ClN4O5. The number of nitro benzene ring substituents is 1. The molecule has 0 aliphatic rings. The van der Waals surface area contributed by atoms with E-state index in [9.17, 15) is 14.9 Å². The number of amides is 1. The number of nitrogens with one attached hydrogen (secondary N) is 1. The highest BCUT2D eigenvalue weighted by atomic mass is 35.5. The Morgan fingerprint density at radius 3 is 2.77 bits per heavy atom. The molecule has 2 heterocycles. The first-order valence-electron chi connectivity index (χ1n) is 8.68. The van der Waals surface area contributed by atoms with Gasteiger partial charge >= 0.3 is 0 Å². The van der Waals surface area contributed by atoms with Crippen LogP contribution >= 0.6 is 11.6 Å². The zero-order chi connectivity index (χ0) is 21.1. The number of halogens is 1. The first-order chi connectivity index (χ1) is 14.5. The molecule has 0 aliphatic carbocycles. The molecule has 0 aliphatic heterocycles. The molecule has 0 spiro atoms. The molecule has 0 unspecified atom stereocenters. The van der Waals surface area contributed by atoms with Crippen LogP contribution in [0.2, 0.25) is 5.02 Å². The molecule has 30 heavy (non-hydrogen) atoms. The number of carbonyl (C=O) groups is 1. The van der Waals surface area contributed by atoms with E-state index in [1.807, 2.05) is 0 Å². The van der Waals surface area contributed by atoms with Crippen molar-refractivity contribution in [1.29, 1.82) is 0 Å². The van der Waals surface area contributed by atoms with Gasteiger partial charge in [-0.1, -0.05) is 17.7 Å².